The second-order valence-electron chi connectivity index (χ2n) is 6.23. The van der Waals surface area contributed by atoms with E-state index in [1.165, 1.54) is 11.3 Å². The molecule has 2 fully saturated rings. The Bertz CT molecular complexity index is 546. The molecule has 1 spiro atoms. The van der Waals surface area contributed by atoms with Crippen molar-refractivity contribution in [1.29, 1.82) is 0 Å². The highest BCUT2D eigenvalue weighted by Gasteiger charge is 2.43. The fourth-order valence-electron chi connectivity index (χ4n) is 3.38. The van der Waals surface area contributed by atoms with E-state index in [9.17, 15) is 9.59 Å². The van der Waals surface area contributed by atoms with Gasteiger partial charge in [0.1, 0.15) is 0 Å². The molecule has 1 aromatic rings. The quantitative estimate of drug-likeness (QED) is 0.926. The Morgan fingerprint density at radius 3 is 3.05 bits per heavy atom. The van der Waals surface area contributed by atoms with Crippen LogP contribution in [0.5, 0.6) is 0 Å². The topological polar surface area (TPSA) is 58.6 Å². The minimum absolute atomic E-state index is 0.0405. The van der Waals surface area contributed by atoms with Crippen molar-refractivity contribution < 1.29 is 14.3 Å². The van der Waals surface area contributed by atoms with Crippen LogP contribution in [-0.2, 0) is 9.53 Å². The average molecular weight is 322 g/mol. The number of ether oxygens (including phenoxy) is 1. The molecule has 0 bridgehead atoms. The van der Waals surface area contributed by atoms with Crippen molar-refractivity contribution in [2.45, 2.75) is 44.3 Å². The molecular weight excluding hydrogens is 300 g/mol. The zero-order valence-corrected chi connectivity index (χ0v) is 13.7. The monoisotopic (exact) mass is 322 g/mol. The first kappa shape index (κ1) is 15.5. The zero-order chi connectivity index (χ0) is 15.6. The van der Waals surface area contributed by atoms with Crippen LogP contribution in [0.4, 0.5) is 0 Å². The van der Waals surface area contributed by atoms with Crippen LogP contribution in [0.2, 0.25) is 0 Å². The molecule has 0 unspecified atom stereocenters. The molecular formula is C16H22N2O3S. The lowest BCUT2D eigenvalue weighted by Crippen LogP contribution is -2.47. The van der Waals surface area contributed by atoms with Gasteiger partial charge in [-0.15, -0.1) is 0 Å². The minimum atomic E-state index is -0.193. The van der Waals surface area contributed by atoms with Gasteiger partial charge in [-0.1, -0.05) is 0 Å². The predicted molar refractivity (Wildman–Crippen MR) is 85.0 cm³/mol. The second kappa shape index (κ2) is 6.38. The molecule has 2 aliphatic rings. The summed E-state index contributed by atoms with van der Waals surface area (Å²) in [5.74, 6) is 0.0783. The third-order valence-corrected chi connectivity index (χ3v) is 5.29. The fourth-order valence-corrected chi connectivity index (χ4v) is 4.02. The Labute approximate surface area is 134 Å². The van der Waals surface area contributed by atoms with Gasteiger partial charge in [-0.25, -0.2) is 0 Å². The Morgan fingerprint density at radius 1 is 1.50 bits per heavy atom. The van der Waals surface area contributed by atoms with Crippen LogP contribution in [0.3, 0.4) is 0 Å². The van der Waals surface area contributed by atoms with Crippen molar-refractivity contribution in [3.05, 3.63) is 22.4 Å². The van der Waals surface area contributed by atoms with Crippen LogP contribution in [-0.4, -0.2) is 48.1 Å². The third-order valence-electron chi connectivity index (χ3n) is 4.61. The van der Waals surface area contributed by atoms with E-state index in [-0.39, 0.29) is 23.5 Å². The van der Waals surface area contributed by atoms with E-state index in [2.05, 4.69) is 5.32 Å². The van der Waals surface area contributed by atoms with Crippen molar-refractivity contribution >= 4 is 23.2 Å². The third kappa shape index (κ3) is 3.33. The molecule has 0 aromatic carbocycles. The summed E-state index contributed by atoms with van der Waals surface area (Å²) in [6.45, 7) is 3.62. The van der Waals surface area contributed by atoms with Crippen molar-refractivity contribution in [3.8, 4) is 0 Å². The summed E-state index contributed by atoms with van der Waals surface area (Å²) in [5, 5.41) is 6.70. The molecule has 0 aliphatic carbocycles. The maximum Gasteiger partial charge on any atom is 0.252 e. The van der Waals surface area contributed by atoms with E-state index < -0.39 is 0 Å². The van der Waals surface area contributed by atoms with Crippen molar-refractivity contribution in [2.24, 2.45) is 0 Å². The van der Waals surface area contributed by atoms with Gasteiger partial charge in [0.15, 0.2) is 0 Å². The number of hydrogen-bond donors (Lipinski definition) is 1. The molecule has 5 nitrogen and oxygen atoms in total. The lowest BCUT2D eigenvalue weighted by Gasteiger charge is -2.38. The van der Waals surface area contributed by atoms with Crippen LogP contribution in [0.25, 0.3) is 0 Å². The summed E-state index contributed by atoms with van der Waals surface area (Å²) in [6.07, 6.45) is 4.01. The minimum Gasteiger partial charge on any atom is -0.368 e. The summed E-state index contributed by atoms with van der Waals surface area (Å²) in [6, 6.07) is 1.82. The smallest absolute Gasteiger partial charge is 0.252 e. The van der Waals surface area contributed by atoms with Crippen molar-refractivity contribution in [2.75, 3.05) is 19.6 Å². The first-order chi connectivity index (χ1) is 10.6. The van der Waals surface area contributed by atoms with Gasteiger partial charge in [-0.05, 0) is 37.1 Å². The van der Waals surface area contributed by atoms with Crippen molar-refractivity contribution in [3.63, 3.8) is 0 Å². The van der Waals surface area contributed by atoms with Gasteiger partial charge in [0.05, 0.1) is 11.7 Å². The highest BCUT2D eigenvalue weighted by molar-refractivity contribution is 7.08. The molecule has 22 heavy (non-hydrogen) atoms. The normalized spacial score (nSPS) is 28.0. The molecule has 3 rings (SSSR count). The highest BCUT2D eigenvalue weighted by atomic mass is 32.1. The predicted octanol–water partition coefficient (Wildman–Crippen LogP) is 2.04. The molecule has 2 atom stereocenters. The van der Waals surface area contributed by atoms with Gasteiger partial charge < -0.3 is 15.0 Å². The maximum atomic E-state index is 12.0. The number of hydrogen-bond acceptors (Lipinski definition) is 4. The molecule has 1 N–H and O–H groups in total. The van der Waals surface area contributed by atoms with E-state index in [4.69, 9.17) is 4.74 Å². The van der Waals surface area contributed by atoms with Crippen LogP contribution in [0.15, 0.2) is 16.8 Å². The van der Waals surface area contributed by atoms with Crippen LogP contribution >= 0.6 is 11.3 Å². The van der Waals surface area contributed by atoms with Gasteiger partial charge in [0, 0.05) is 37.5 Å². The van der Waals surface area contributed by atoms with E-state index in [0.29, 0.717) is 18.7 Å². The van der Waals surface area contributed by atoms with Crippen LogP contribution in [0, 0.1) is 0 Å². The molecule has 3 heterocycles. The number of nitrogens with zero attached hydrogens (tertiary/aromatic N) is 1. The van der Waals surface area contributed by atoms with Crippen molar-refractivity contribution in [1.82, 2.24) is 10.2 Å². The SMILES string of the molecule is CC(=O)N1CC[C@]2(CCC[C@H](CNC(=O)c3ccsc3)O2)C1. The molecule has 2 aliphatic heterocycles. The Kier molecular flexibility index (Phi) is 4.49. The fraction of sp³-hybridized carbons (Fsp3) is 0.625. The number of thiophene rings is 1. The highest BCUT2D eigenvalue weighted by Crippen LogP contribution is 2.36. The Morgan fingerprint density at radius 2 is 2.36 bits per heavy atom. The second-order valence-corrected chi connectivity index (χ2v) is 7.01. The zero-order valence-electron chi connectivity index (χ0n) is 12.8. The summed E-state index contributed by atoms with van der Waals surface area (Å²) in [5.41, 5.74) is 0.515. The number of amides is 2. The number of carbonyl (C=O) groups excluding carboxylic acids is 2. The largest absolute Gasteiger partial charge is 0.368 e. The maximum absolute atomic E-state index is 12.0. The first-order valence-electron chi connectivity index (χ1n) is 7.82. The summed E-state index contributed by atoms with van der Waals surface area (Å²) in [7, 11) is 0. The van der Waals surface area contributed by atoms with Gasteiger partial charge in [0.2, 0.25) is 5.91 Å². The van der Waals surface area contributed by atoms with Crippen LogP contribution < -0.4 is 5.32 Å². The molecule has 1 aromatic heterocycles. The molecule has 2 amide bonds. The van der Waals surface area contributed by atoms with E-state index in [1.54, 1.807) is 6.92 Å². The number of nitrogens with one attached hydrogen (secondary N) is 1. The van der Waals surface area contributed by atoms with Gasteiger partial charge in [0.25, 0.3) is 5.91 Å². The summed E-state index contributed by atoms with van der Waals surface area (Å²) in [4.78, 5) is 25.4. The molecule has 0 saturated carbocycles. The first-order valence-corrected chi connectivity index (χ1v) is 8.76. The Balaban J connectivity index is 1.53. The summed E-state index contributed by atoms with van der Waals surface area (Å²) >= 11 is 1.52. The standard InChI is InChI=1S/C16H22N2O3S/c1-12(19)18-7-6-16(11-18)5-2-3-14(21-16)9-17-15(20)13-4-8-22-10-13/h4,8,10,14H,2-3,5-7,9,11H2,1H3,(H,17,20)/t14-,16-/m1/s1. The number of carbonyl (C=O) groups is 2. The lowest BCUT2D eigenvalue weighted by molar-refractivity contribution is -0.135. The van der Waals surface area contributed by atoms with Gasteiger partial charge in [-0.3, -0.25) is 9.59 Å². The van der Waals surface area contributed by atoms with E-state index in [0.717, 1.165) is 32.2 Å². The average Bonchev–Trinajstić information content (AvgIpc) is 3.15. The lowest BCUT2D eigenvalue weighted by atomic mass is 9.90. The van der Waals surface area contributed by atoms with Crippen LogP contribution in [0.1, 0.15) is 43.0 Å². The summed E-state index contributed by atoms with van der Waals surface area (Å²) < 4.78 is 6.28. The molecule has 120 valence electrons. The van der Waals surface area contributed by atoms with Gasteiger partial charge in [-0.2, -0.15) is 11.3 Å². The number of rotatable bonds is 3. The van der Waals surface area contributed by atoms with Gasteiger partial charge >= 0.3 is 0 Å². The van der Waals surface area contributed by atoms with E-state index in [1.807, 2.05) is 21.7 Å². The molecule has 0 radical (unpaired) electrons. The Hall–Kier alpha value is -1.40. The molecule has 6 heteroatoms. The molecule has 2 saturated heterocycles. The number of likely N-dealkylation sites (tertiary alicyclic amines) is 1. The van der Waals surface area contributed by atoms with E-state index >= 15 is 0 Å².